The van der Waals surface area contributed by atoms with Crippen molar-refractivity contribution in [2.45, 2.75) is 6.17 Å². The molecule has 1 aliphatic rings. The first-order valence-electron chi connectivity index (χ1n) is 7.63. The summed E-state index contributed by atoms with van der Waals surface area (Å²) in [6.07, 6.45) is -0.206. The van der Waals surface area contributed by atoms with E-state index in [4.69, 9.17) is 0 Å². The average molecular weight is 300 g/mol. The molecule has 0 fully saturated rings. The van der Waals surface area contributed by atoms with E-state index in [0.717, 1.165) is 16.8 Å². The van der Waals surface area contributed by atoms with Crippen LogP contribution in [0.1, 0.15) is 22.1 Å². The van der Waals surface area contributed by atoms with Gasteiger partial charge in [0.25, 0.3) is 5.91 Å². The minimum atomic E-state index is -0.206. The number of carbonyl (C=O) groups is 1. The van der Waals surface area contributed by atoms with Gasteiger partial charge in [-0.1, -0.05) is 66.7 Å². The van der Waals surface area contributed by atoms with Crippen molar-refractivity contribution in [1.82, 2.24) is 5.32 Å². The summed E-state index contributed by atoms with van der Waals surface area (Å²) >= 11 is 0. The van der Waals surface area contributed by atoms with Crippen molar-refractivity contribution in [3.8, 4) is 11.1 Å². The highest BCUT2D eigenvalue weighted by Crippen LogP contribution is 2.27. The van der Waals surface area contributed by atoms with Crippen LogP contribution in [0.2, 0.25) is 0 Å². The normalized spacial score (nSPS) is 16.2. The van der Waals surface area contributed by atoms with E-state index in [1.807, 2.05) is 54.6 Å². The van der Waals surface area contributed by atoms with Crippen LogP contribution < -0.4 is 10.6 Å². The lowest BCUT2D eigenvalue weighted by molar-refractivity contribution is 0.0935. The number of hydrogen-bond acceptors (Lipinski definition) is 2. The quantitative estimate of drug-likeness (QED) is 0.744. The first-order valence-corrected chi connectivity index (χ1v) is 7.63. The fourth-order valence-corrected chi connectivity index (χ4v) is 2.87. The Kier molecular flexibility index (Phi) is 3.31. The molecule has 0 unspecified atom stereocenters. The highest BCUT2D eigenvalue weighted by atomic mass is 16.2. The molecule has 23 heavy (non-hydrogen) atoms. The summed E-state index contributed by atoms with van der Waals surface area (Å²) in [6, 6.07) is 26.1. The van der Waals surface area contributed by atoms with E-state index in [-0.39, 0.29) is 12.1 Å². The highest BCUT2D eigenvalue weighted by Gasteiger charge is 2.23. The second-order valence-electron chi connectivity index (χ2n) is 5.58. The Balaban J connectivity index is 1.61. The van der Waals surface area contributed by atoms with Gasteiger partial charge in [0.15, 0.2) is 0 Å². The predicted molar refractivity (Wildman–Crippen MR) is 92.1 cm³/mol. The van der Waals surface area contributed by atoms with E-state index in [1.54, 1.807) is 0 Å². The van der Waals surface area contributed by atoms with Gasteiger partial charge in [-0.3, -0.25) is 4.79 Å². The molecular formula is C20H16N2O. The summed E-state index contributed by atoms with van der Waals surface area (Å²) < 4.78 is 0. The maximum absolute atomic E-state index is 12.2. The maximum atomic E-state index is 12.2. The molecule has 0 bridgehead atoms. The predicted octanol–water partition coefficient (Wildman–Crippen LogP) is 4.21. The lowest BCUT2D eigenvalue weighted by atomic mass is 10.0. The molecule has 3 aromatic rings. The van der Waals surface area contributed by atoms with Crippen LogP contribution in [0.25, 0.3) is 11.1 Å². The molecule has 1 amide bonds. The van der Waals surface area contributed by atoms with Crippen LogP contribution in [-0.2, 0) is 0 Å². The Morgan fingerprint density at radius 3 is 2.09 bits per heavy atom. The van der Waals surface area contributed by atoms with Gasteiger partial charge in [0.05, 0.1) is 5.56 Å². The lowest BCUT2D eigenvalue weighted by Gasteiger charge is -2.28. The largest absolute Gasteiger partial charge is 0.361 e. The summed E-state index contributed by atoms with van der Waals surface area (Å²) in [7, 11) is 0. The summed E-state index contributed by atoms with van der Waals surface area (Å²) in [5.41, 5.74) is 4.94. The fourth-order valence-electron chi connectivity index (χ4n) is 2.87. The smallest absolute Gasteiger partial charge is 0.255 e. The molecule has 0 saturated carbocycles. The summed E-state index contributed by atoms with van der Waals surface area (Å²) in [6.45, 7) is 0. The van der Waals surface area contributed by atoms with Crippen molar-refractivity contribution < 1.29 is 4.79 Å². The number of fused-ring (bicyclic) bond motifs is 1. The minimum Gasteiger partial charge on any atom is -0.361 e. The first kappa shape index (κ1) is 13.6. The van der Waals surface area contributed by atoms with Crippen LogP contribution in [0.15, 0.2) is 78.9 Å². The van der Waals surface area contributed by atoms with E-state index in [0.29, 0.717) is 5.56 Å². The first-order chi connectivity index (χ1) is 11.3. The number of anilines is 1. The van der Waals surface area contributed by atoms with Gasteiger partial charge in [0.1, 0.15) is 6.17 Å². The molecule has 3 heteroatoms. The standard InChI is InChI=1S/C20H16N2O/c23-20-17-8-4-5-9-18(17)21-19(22-20)16-12-10-15(11-13-16)14-6-2-1-3-7-14/h1-13,19,21H,(H,22,23)/t19-/m0/s1. The van der Waals surface area contributed by atoms with Gasteiger partial charge in [0.2, 0.25) is 0 Å². The Morgan fingerprint density at radius 1 is 0.652 bits per heavy atom. The van der Waals surface area contributed by atoms with Crippen LogP contribution in [0.4, 0.5) is 5.69 Å². The van der Waals surface area contributed by atoms with Crippen molar-refractivity contribution in [1.29, 1.82) is 0 Å². The van der Waals surface area contributed by atoms with Crippen LogP contribution in [0, 0.1) is 0 Å². The molecule has 2 N–H and O–H groups in total. The number of para-hydroxylation sites is 1. The fraction of sp³-hybridized carbons (Fsp3) is 0.0500. The number of amides is 1. The van der Waals surface area contributed by atoms with Gasteiger partial charge in [0, 0.05) is 5.69 Å². The summed E-state index contributed by atoms with van der Waals surface area (Å²) in [4.78, 5) is 12.2. The Bertz CT molecular complexity index is 841. The van der Waals surface area contributed by atoms with E-state index < -0.39 is 0 Å². The van der Waals surface area contributed by atoms with E-state index in [2.05, 4.69) is 34.9 Å². The van der Waals surface area contributed by atoms with Crippen LogP contribution >= 0.6 is 0 Å². The molecular weight excluding hydrogens is 284 g/mol. The Hall–Kier alpha value is -3.07. The second-order valence-corrected chi connectivity index (χ2v) is 5.58. The Morgan fingerprint density at radius 2 is 1.30 bits per heavy atom. The van der Waals surface area contributed by atoms with Gasteiger partial charge < -0.3 is 10.6 Å². The molecule has 0 aromatic heterocycles. The maximum Gasteiger partial charge on any atom is 0.255 e. The lowest BCUT2D eigenvalue weighted by Crippen LogP contribution is -2.38. The second kappa shape index (κ2) is 5.61. The molecule has 0 radical (unpaired) electrons. The summed E-state index contributed by atoms with van der Waals surface area (Å²) in [5, 5.41) is 6.37. The topological polar surface area (TPSA) is 41.1 Å². The van der Waals surface area contributed by atoms with E-state index in [9.17, 15) is 4.79 Å². The number of carbonyl (C=O) groups excluding carboxylic acids is 1. The van der Waals surface area contributed by atoms with Gasteiger partial charge in [-0.05, 0) is 28.8 Å². The van der Waals surface area contributed by atoms with E-state index >= 15 is 0 Å². The molecule has 1 heterocycles. The molecule has 0 saturated heterocycles. The Labute approximate surface area is 135 Å². The average Bonchev–Trinajstić information content (AvgIpc) is 2.63. The number of benzene rings is 3. The number of nitrogens with one attached hydrogen (secondary N) is 2. The third-order valence-electron chi connectivity index (χ3n) is 4.10. The van der Waals surface area contributed by atoms with Gasteiger partial charge >= 0.3 is 0 Å². The van der Waals surface area contributed by atoms with Crippen molar-refractivity contribution >= 4 is 11.6 Å². The molecule has 1 aliphatic heterocycles. The molecule has 4 rings (SSSR count). The van der Waals surface area contributed by atoms with Crippen LogP contribution in [0.5, 0.6) is 0 Å². The summed E-state index contributed by atoms with van der Waals surface area (Å²) in [5.74, 6) is -0.0449. The zero-order valence-corrected chi connectivity index (χ0v) is 12.5. The SMILES string of the molecule is O=C1N[C@@H](c2ccc(-c3ccccc3)cc2)Nc2ccccc21. The minimum absolute atomic E-state index is 0.0449. The van der Waals surface area contributed by atoms with Crippen molar-refractivity contribution in [2.24, 2.45) is 0 Å². The molecule has 3 nitrogen and oxygen atoms in total. The third-order valence-corrected chi connectivity index (χ3v) is 4.10. The molecule has 0 spiro atoms. The molecule has 0 aliphatic carbocycles. The third kappa shape index (κ3) is 2.57. The van der Waals surface area contributed by atoms with Crippen molar-refractivity contribution in [2.75, 3.05) is 5.32 Å². The van der Waals surface area contributed by atoms with Gasteiger partial charge in [-0.25, -0.2) is 0 Å². The van der Waals surface area contributed by atoms with Crippen LogP contribution in [0.3, 0.4) is 0 Å². The zero-order chi connectivity index (χ0) is 15.6. The van der Waals surface area contributed by atoms with Crippen LogP contribution in [-0.4, -0.2) is 5.91 Å². The van der Waals surface area contributed by atoms with E-state index in [1.165, 1.54) is 5.56 Å². The van der Waals surface area contributed by atoms with Crippen molar-refractivity contribution in [3.05, 3.63) is 90.0 Å². The number of hydrogen-bond donors (Lipinski definition) is 2. The number of rotatable bonds is 2. The molecule has 1 atom stereocenters. The van der Waals surface area contributed by atoms with Crippen molar-refractivity contribution in [3.63, 3.8) is 0 Å². The molecule has 3 aromatic carbocycles. The highest BCUT2D eigenvalue weighted by molar-refractivity contribution is 6.01. The zero-order valence-electron chi connectivity index (χ0n) is 12.5. The van der Waals surface area contributed by atoms with Gasteiger partial charge in [-0.15, -0.1) is 0 Å². The monoisotopic (exact) mass is 300 g/mol. The molecule has 112 valence electrons. The van der Waals surface area contributed by atoms with Gasteiger partial charge in [-0.2, -0.15) is 0 Å².